The van der Waals surface area contributed by atoms with Gasteiger partial charge in [-0.2, -0.15) is 0 Å². The molecule has 1 heterocycles. The van der Waals surface area contributed by atoms with Crippen LogP contribution < -0.4 is 10.5 Å². The molecule has 0 radical (unpaired) electrons. The first-order valence-corrected chi connectivity index (χ1v) is 6.41. The molecule has 2 atom stereocenters. The van der Waals surface area contributed by atoms with Crippen LogP contribution >= 0.6 is 0 Å². The van der Waals surface area contributed by atoms with Gasteiger partial charge in [0.15, 0.2) is 0 Å². The fourth-order valence-corrected chi connectivity index (χ4v) is 2.27. The highest BCUT2D eigenvalue weighted by Gasteiger charge is 2.25. The van der Waals surface area contributed by atoms with Crippen LogP contribution in [0.1, 0.15) is 13.3 Å². The molecular weight excluding hydrogens is 212 g/mol. The zero-order chi connectivity index (χ0) is 12.1. The topological polar surface area (TPSA) is 38.5 Å². The third kappa shape index (κ3) is 3.72. The van der Waals surface area contributed by atoms with Crippen molar-refractivity contribution >= 4 is 0 Å². The van der Waals surface area contributed by atoms with Gasteiger partial charge < -0.3 is 15.4 Å². The van der Waals surface area contributed by atoms with Crippen molar-refractivity contribution in [3.8, 4) is 5.75 Å². The second-order valence-electron chi connectivity index (χ2n) is 4.92. The van der Waals surface area contributed by atoms with Crippen molar-refractivity contribution < 1.29 is 4.74 Å². The summed E-state index contributed by atoms with van der Waals surface area (Å²) in [5.74, 6) is 1.59. The molecule has 1 aromatic carbocycles. The van der Waals surface area contributed by atoms with Gasteiger partial charge in [0.2, 0.25) is 0 Å². The number of nitrogens with two attached hydrogens (primary N) is 1. The molecule has 0 spiro atoms. The van der Waals surface area contributed by atoms with Gasteiger partial charge in [-0.25, -0.2) is 0 Å². The first kappa shape index (κ1) is 12.4. The van der Waals surface area contributed by atoms with E-state index in [4.69, 9.17) is 10.5 Å². The quantitative estimate of drug-likeness (QED) is 0.789. The number of para-hydroxylation sites is 1. The van der Waals surface area contributed by atoms with E-state index in [1.807, 2.05) is 30.3 Å². The number of hydrogen-bond donors (Lipinski definition) is 1. The van der Waals surface area contributed by atoms with E-state index in [9.17, 15) is 0 Å². The lowest BCUT2D eigenvalue weighted by Gasteiger charge is -2.15. The Morgan fingerprint density at radius 1 is 1.29 bits per heavy atom. The molecule has 0 aliphatic carbocycles. The summed E-state index contributed by atoms with van der Waals surface area (Å²) in [6.07, 6.45) is 1.06. The van der Waals surface area contributed by atoms with Crippen LogP contribution in [0.5, 0.6) is 5.75 Å². The summed E-state index contributed by atoms with van der Waals surface area (Å²) < 4.78 is 5.66. The van der Waals surface area contributed by atoms with E-state index in [0.29, 0.717) is 12.0 Å². The van der Waals surface area contributed by atoms with E-state index in [0.717, 1.165) is 38.4 Å². The van der Waals surface area contributed by atoms with E-state index >= 15 is 0 Å². The third-order valence-electron chi connectivity index (χ3n) is 3.38. The lowest BCUT2D eigenvalue weighted by Crippen LogP contribution is -2.29. The summed E-state index contributed by atoms with van der Waals surface area (Å²) in [6.45, 7) is 6.26. The molecule has 0 amide bonds. The normalized spacial score (nSPS) is 25.1. The van der Waals surface area contributed by atoms with Crippen LogP contribution in [0.2, 0.25) is 0 Å². The van der Waals surface area contributed by atoms with Crippen molar-refractivity contribution in [2.45, 2.75) is 19.4 Å². The van der Waals surface area contributed by atoms with Gasteiger partial charge in [0, 0.05) is 25.7 Å². The Morgan fingerprint density at radius 3 is 2.71 bits per heavy atom. The van der Waals surface area contributed by atoms with E-state index < -0.39 is 0 Å². The Labute approximate surface area is 104 Å². The van der Waals surface area contributed by atoms with Gasteiger partial charge in [-0.3, -0.25) is 0 Å². The summed E-state index contributed by atoms with van der Waals surface area (Å²) in [5, 5.41) is 0. The standard InChI is InChI=1S/C14H22N2O/c1-12-10-16(11-14(12)15)8-5-9-17-13-6-3-2-4-7-13/h2-4,6-7,12,14H,5,8-11,15H2,1H3. The zero-order valence-electron chi connectivity index (χ0n) is 10.5. The molecule has 1 aliphatic rings. The van der Waals surface area contributed by atoms with Crippen LogP contribution in [0.4, 0.5) is 0 Å². The number of rotatable bonds is 5. The highest BCUT2D eigenvalue weighted by molar-refractivity contribution is 5.20. The summed E-state index contributed by atoms with van der Waals surface area (Å²) >= 11 is 0. The monoisotopic (exact) mass is 234 g/mol. The summed E-state index contributed by atoms with van der Waals surface area (Å²) in [5.41, 5.74) is 5.99. The second-order valence-corrected chi connectivity index (χ2v) is 4.92. The van der Waals surface area contributed by atoms with Crippen LogP contribution in [0.15, 0.2) is 30.3 Å². The number of hydrogen-bond acceptors (Lipinski definition) is 3. The Hall–Kier alpha value is -1.06. The minimum absolute atomic E-state index is 0.352. The van der Waals surface area contributed by atoms with Gasteiger partial charge in [0.05, 0.1) is 6.61 Å². The minimum Gasteiger partial charge on any atom is -0.494 e. The molecule has 2 N–H and O–H groups in total. The smallest absolute Gasteiger partial charge is 0.119 e. The molecule has 3 nitrogen and oxygen atoms in total. The van der Waals surface area contributed by atoms with Gasteiger partial charge in [-0.1, -0.05) is 25.1 Å². The Balaban J connectivity index is 1.61. The van der Waals surface area contributed by atoms with Gasteiger partial charge in [0.1, 0.15) is 5.75 Å². The van der Waals surface area contributed by atoms with Crippen molar-refractivity contribution in [3.63, 3.8) is 0 Å². The Kier molecular flexibility index (Phi) is 4.40. The third-order valence-corrected chi connectivity index (χ3v) is 3.38. The van der Waals surface area contributed by atoms with Crippen LogP contribution in [-0.2, 0) is 0 Å². The summed E-state index contributed by atoms with van der Waals surface area (Å²) in [6, 6.07) is 10.3. The van der Waals surface area contributed by atoms with E-state index in [1.165, 1.54) is 0 Å². The average molecular weight is 234 g/mol. The van der Waals surface area contributed by atoms with Crippen molar-refractivity contribution in [1.82, 2.24) is 4.90 Å². The molecular formula is C14H22N2O. The van der Waals surface area contributed by atoms with Crippen molar-refractivity contribution in [2.75, 3.05) is 26.2 Å². The van der Waals surface area contributed by atoms with E-state index in [1.54, 1.807) is 0 Å². The number of nitrogens with zero attached hydrogens (tertiary/aromatic N) is 1. The van der Waals surface area contributed by atoms with E-state index in [-0.39, 0.29) is 0 Å². The van der Waals surface area contributed by atoms with Gasteiger partial charge >= 0.3 is 0 Å². The maximum atomic E-state index is 5.99. The van der Waals surface area contributed by atoms with Gasteiger partial charge in [-0.05, 0) is 24.5 Å². The van der Waals surface area contributed by atoms with Crippen molar-refractivity contribution in [2.24, 2.45) is 11.7 Å². The second kappa shape index (κ2) is 6.03. The largest absolute Gasteiger partial charge is 0.494 e. The fraction of sp³-hybridized carbons (Fsp3) is 0.571. The molecule has 1 fully saturated rings. The summed E-state index contributed by atoms with van der Waals surface area (Å²) in [7, 11) is 0. The minimum atomic E-state index is 0.352. The molecule has 2 rings (SSSR count). The van der Waals surface area contributed by atoms with Gasteiger partial charge in [0.25, 0.3) is 0 Å². The molecule has 1 aromatic rings. The predicted octanol–water partition coefficient (Wildman–Crippen LogP) is 1.73. The van der Waals surface area contributed by atoms with Crippen LogP contribution in [-0.4, -0.2) is 37.2 Å². The van der Waals surface area contributed by atoms with Gasteiger partial charge in [-0.15, -0.1) is 0 Å². The molecule has 94 valence electrons. The Bertz CT molecular complexity index is 318. The molecule has 3 heteroatoms. The maximum absolute atomic E-state index is 5.99. The number of likely N-dealkylation sites (tertiary alicyclic amines) is 1. The average Bonchev–Trinajstić information content (AvgIpc) is 2.66. The number of benzene rings is 1. The molecule has 0 bridgehead atoms. The molecule has 0 aromatic heterocycles. The SMILES string of the molecule is CC1CN(CCCOc2ccccc2)CC1N. The highest BCUT2D eigenvalue weighted by atomic mass is 16.5. The number of ether oxygens (including phenoxy) is 1. The predicted molar refractivity (Wildman–Crippen MR) is 70.1 cm³/mol. The van der Waals surface area contributed by atoms with Crippen LogP contribution in [0.25, 0.3) is 0 Å². The molecule has 1 saturated heterocycles. The van der Waals surface area contributed by atoms with Crippen LogP contribution in [0, 0.1) is 5.92 Å². The first-order valence-electron chi connectivity index (χ1n) is 6.41. The Morgan fingerprint density at radius 2 is 2.06 bits per heavy atom. The van der Waals surface area contributed by atoms with Crippen molar-refractivity contribution in [1.29, 1.82) is 0 Å². The maximum Gasteiger partial charge on any atom is 0.119 e. The summed E-state index contributed by atoms with van der Waals surface area (Å²) in [4.78, 5) is 2.43. The lowest BCUT2D eigenvalue weighted by molar-refractivity contribution is 0.259. The van der Waals surface area contributed by atoms with Crippen LogP contribution in [0.3, 0.4) is 0 Å². The molecule has 2 unspecified atom stereocenters. The van der Waals surface area contributed by atoms with E-state index in [2.05, 4.69) is 11.8 Å². The fourth-order valence-electron chi connectivity index (χ4n) is 2.27. The zero-order valence-corrected chi connectivity index (χ0v) is 10.5. The molecule has 1 aliphatic heterocycles. The first-order chi connectivity index (χ1) is 8.25. The van der Waals surface area contributed by atoms with Crippen molar-refractivity contribution in [3.05, 3.63) is 30.3 Å². The molecule has 0 saturated carbocycles. The lowest BCUT2D eigenvalue weighted by atomic mass is 10.1. The highest BCUT2D eigenvalue weighted by Crippen LogP contribution is 2.14. The molecule has 17 heavy (non-hydrogen) atoms.